The molecule has 0 saturated heterocycles. The molecule has 1 aromatic carbocycles. The zero-order valence-corrected chi connectivity index (χ0v) is 12.6. The number of halogens is 2. The van der Waals surface area contributed by atoms with Crippen LogP contribution in [0.4, 0.5) is 5.82 Å². The molecule has 108 valence electrons. The number of hydrogen-bond acceptors (Lipinski definition) is 5. The quantitative estimate of drug-likeness (QED) is 0.801. The maximum atomic E-state index is 6.13. The van der Waals surface area contributed by atoms with Gasteiger partial charge in [-0.3, -0.25) is 4.68 Å². The minimum Gasteiger partial charge on any atom is -0.383 e. The highest BCUT2D eigenvalue weighted by atomic mass is 35.5. The van der Waals surface area contributed by atoms with Crippen molar-refractivity contribution in [3.8, 4) is 11.5 Å². The third kappa shape index (κ3) is 2.59. The molecule has 3 rings (SSSR count). The molecule has 0 spiro atoms. The third-order valence-electron chi connectivity index (χ3n) is 3.08. The van der Waals surface area contributed by atoms with E-state index in [0.29, 0.717) is 39.6 Å². The summed E-state index contributed by atoms with van der Waals surface area (Å²) < 4.78 is 6.75. The lowest BCUT2D eigenvalue weighted by Gasteiger charge is -2.02. The summed E-state index contributed by atoms with van der Waals surface area (Å²) >= 11 is 12.3. The summed E-state index contributed by atoms with van der Waals surface area (Å²) in [5.41, 5.74) is 7.23. The van der Waals surface area contributed by atoms with E-state index >= 15 is 0 Å². The van der Waals surface area contributed by atoms with Crippen LogP contribution in [-0.2, 0) is 13.5 Å². The lowest BCUT2D eigenvalue weighted by molar-refractivity contribution is 0.424. The van der Waals surface area contributed by atoms with Crippen LogP contribution in [0.5, 0.6) is 0 Å². The van der Waals surface area contributed by atoms with E-state index in [1.54, 1.807) is 31.4 Å². The van der Waals surface area contributed by atoms with Crippen LogP contribution < -0.4 is 5.73 Å². The summed E-state index contributed by atoms with van der Waals surface area (Å²) in [4.78, 5) is 4.30. The Morgan fingerprint density at radius 1 is 1.29 bits per heavy atom. The van der Waals surface area contributed by atoms with E-state index in [1.165, 1.54) is 4.68 Å². The molecule has 0 fully saturated rings. The Balaban J connectivity index is 1.91. The summed E-state index contributed by atoms with van der Waals surface area (Å²) in [6.07, 6.45) is 1.96. The highest BCUT2D eigenvalue weighted by Gasteiger charge is 2.16. The van der Waals surface area contributed by atoms with Crippen LogP contribution in [-0.4, -0.2) is 19.9 Å². The van der Waals surface area contributed by atoms with Crippen LogP contribution in [0.1, 0.15) is 11.4 Å². The molecule has 0 bridgehead atoms. The van der Waals surface area contributed by atoms with E-state index in [9.17, 15) is 0 Å². The predicted molar refractivity (Wildman–Crippen MR) is 80.2 cm³/mol. The Kier molecular flexibility index (Phi) is 3.57. The van der Waals surface area contributed by atoms with E-state index in [1.807, 2.05) is 0 Å². The van der Waals surface area contributed by atoms with Gasteiger partial charge in [0.05, 0.1) is 6.20 Å². The van der Waals surface area contributed by atoms with Gasteiger partial charge in [-0.1, -0.05) is 34.4 Å². The number of benzene rings is 1. The average Bonchev–Trinajstić information content (AvgIpc) is 3.03. The second kappa shape index (κ2) is 5.38. The maximum Gasteiger partial charge on any atom is 0.263 e. The van der Waals surface area contributed by atoms with Crippen LogP contribution in [0.25, 0.3) is 11.5 Å². The molecule has 6 nitrogen and oxygen atoms in total. The molecule has 0 unspecified atom stereocenters. The first-order valence-corrected chi connectivity index (χ1v) is 6.85. The van der Waals surface area contributed by atoms with Gasteiger partial charge in [0.15, 0.2) is 5.82 Å². The highest BCUT2D eigenvalue weighted by Crippen LogP contribution is 2.28. The van der Waals surface area contributed by atoms with E-state index in [2.05, 4.69) is 15.2 Å². The molecular weight excluding hydrogens is 313 g/mol. The van der Waals surface area contributed by atoms with Crippen LogP contribution in [0.3, 0.4) is 0 Å². The summed E-state index contributed by atoms with van der Waals surface area (Å²) in [5.74, 6) is 1.25. The topological polar surface area (TPSA) is 82.8 Å². The Morgan fingerprint density at radius 3 is 2.62 bits per heavy atom. The average molecular weight is 324 g/mol. The largest absolute Gasteiger partial charge is 0.383 e. The molecule has 0 atom stereocenters. The molecule has 0 aliphatic carbocycles. The van der Waals surface area contributed by atoms with Crippen molar-refractivity contribution in [3.63, 3.8) is 0 Å². The van der Waals surface area contributed by atoms with Gasteiger partial charge in [0.1, 0.15) is 11.4 Å². The van der Waals surface area contributed by atoms with Gasteiger partial charge in [-0.25, -0.2) is 0 Å². The highest BCUT2D eigenvalue weighted by molar-refractivity contribution is 6.36. The fourth-order valence-electron chi connectivity index (χ4n) is 1.91. The first-order chi connectivity index (χ1) is 10.1. The van der Waals surface area contributed by atoms with Crippen LogP contribution in [0, 0.1) is 0 Å². The van der Waals surface area contributed by atoms with Gasteiger partial charge < -0.3 is 10.3 Å². The molecule has 0 saturated carbocycles. The molecule has 0 aliphatic heterocycles. The molecule has 0 radical (unpaired) electrons. The summed E-state index contributed by atoms with van der Waals surface area (Å²) in [6, 6.07) is 5.32. The van der Waals surface area contributed by atoms with Gasteiger partial charge in [-0.05, 0) is 17.7 Å². The molecule has 3 aromatic rings. The number of aromatic nitrogens is 4. The first kappa shape index (κ1) is 13.9. The number of anilines is 1. The molecule has 0 aliphatic rings. The molecule has 2 aromatic heterocycles. The number of rotatable bonds is 3. The summed E-state index contributed by atoms with van der Waals surface area (Å²) in [6.45, 7) is 0. The van der Waals surface area contributed by atoms with Crippen LogP contribution in [0.2, 0.25) is 10.0 Å². The van der Waals surface area contributed by atoms with Crippen molar-refractivity contribution >= 4 is 29.0 Å². The zero-order chi connectivity index (χ0) is 15.0. The fourth-order valence-corrected chi connectivity index (χ4v) is 2.44. The second-order valence-electron chi connectivity index (χ2n) is 4.46. The van der Waals surface area contributed by atoms with Crippen LogP contribution >= 0.6 is 23.2 Å². The Bertz CT molecular complexity index is 775. The fraction of sp³-hybridized carbons (Fsp3) is 0.154. The zero-order valence-electron chi connectivity index (χ0n) is 11.0. The molecule has 8 heteroatoms. The van der Waals surface area contributed by atoms with Crippen molar-refractivity contribution in [2.45, 2.75) is 6.42 Å². The van der Waals surface area contributed by atoms with E-state index in [4.69, 9.17) is 33.5 Å². The van der Waals surface area contributed by atoms with E-state index in [-0.39, 0.29) is 0 Å². The predicted octanol–water partition coefficient (Wildman–Crippen LogP) is 2.95. The lowest BCUT2D eigenvalue weighted by atomic mass is 10.1. The third-order valence-corrected chi connectivity index (χ3v) is 3.79. The normalized spacial score (nSPS) is 11.0. The minimum atomic E-state index is 0.318. The van der Waals surface area contributed by atoms with Crippen molar-refractivity contribution in [2.75, 3.05) is 5.73 Å². The van der Waals surface area contributed by atoms with Crippen LogP contribution in [0.15, 0.2) is 28.9 Å². The van der Waals surface area contributed by atoms with Gasteiger partial charge >= 0.3 is 0 Å². The molecule has 2 N–H and O–H groups in total. The van der Waals surface area contributed by atoms with Crippen molar-refractivity contribution in [2.24, 2.45) is 7.05 Å². The van der Waals surface area contributed by atoms with Crippen molar-refractivity contribution in [1.82, 2.24) is 19.9 Å². The number of nitrogens with two attached hydrogens (primary N) is 1. The van der Waals surface area contributed by atoms with Crippen molar-refractivity contribution in [3.05, 3.63) is 45.8 Å². The van der Waals surface area contributed by atoms with E-state index < -0.39 is 0 Å². The summed E-state index contributed by atoms with van der Waals surface area (Å²) in [7, 11) is 1.74. The number of nitrogen functional groups attached to an aromatic ring is 1. The molecule has 0 amide bonds. The van der Waals surface area contributed by atoms with Gasteiger partial charge in [0, 0.05) is 23.5 Å². The lowest BCUT2D eigenvalue weighted by Crippen LogP contribution is -1.98. The molecule has 2 heterocycles. The second-order valence-corrected chi connectivity index (χ2v) is 5.27. The number of nitrogens with zero attached hydrogens (tertiary/aromatic N) is 4. The number of aryl methyl sites for hydroxylation is 1. The van der Waals surface area contributed by atoms with Gasteiger partial charge in [0.2, 0.25) is 0 Å². The smallest absolute Gasteiger partial charge is 0.263 e. The van der Waals surface area contributed by atoms with Crippen molar-refractivity contribution in [1.29, 1.82) is 0 Å². The van der Waals surface area contributed by atoms with E-state index in [0.717, 1.165) is 5.56 Å². The van der Waals surface area contributed by atoms with Crippen molar-refractivity contribution < 1.29 is 4.52 Å². The van der Waals surface area contributed by atoms with Gasteiger partial charge in [-0.15, -0.1) is 0 Å². The van der Waals surface area contributed by atoms with Gasteiger partial charge in [-0.2, -0.15) is 10.1 Å². The first-order valence-electron chi connectivity index (χ1n) is 6.09. The Morgan fingerprint density at radius 2 is 2.00 bits per heavy atom. The standard InChI is InChI=1S/C13H11Cl2N5O/c1-20-12(16)8(6-17-20)13-18-11(19-21-13)5-7-9(14)3-2-4-10(7)15/h2-4,6H,5,16H2,1H3. The molecule has 21 heavy (non-hydrogen) atoms. The Labute approximate surface area is 130 Å². The monoisotopic (exact) mass is 323 g/mol. The molecular formula is C13H11Cl2N5O. The maximum absolute atomic E-state index is 6.13. The minimum absolute atomic E-state index is 0.318. The Hall–Kier alpha value is -2.05. The SMILES string of the molecule is Cn1ncc(-c2nc(Cc3c(Cl)cccc3Cl)no2)c1N. The number of hydrogen-bond donors (Lipinski definition) is 1. The summed E-state index contributed by atoms with van der Waals surface area (Å²) in [5, 5.41) is 9.09. The van der Waals surface area contributed by atoms with Gasteiger partial charge in [0.25, 0.3) is 5.89 Å².